The molecule has 0 atom stereocenters. The Kier molecular flexibility index (Phi) is 5.59. The van der Waals surface area contributed by atoms with Gasteiger partial charge in [-0.1, -0.05) is 24.3 Å². The smallest absolute Gasteiger partial charge is 0.258 e. The van der Waals surface area contributed by atoms with Crippen molar-refractivity contribution in [3.63, 3.8) is 0 Å². The zero-order valence-corrected chi connectivity index (χ0v) is 19.8. The molecule has 0 aromatic heterocycles. The number of piperazine rings is 1. The van der Waals surface area contributed by atoms with Crippen LogP contribution >= 0.6 is 0 Å². The van der Waals surface area contributed by atoms with Crippen LogP contribution in [0.15, 0.2) is 58.3 Å². The monoisotopic (exact) mass is 456 g/mol. The Bertz CT molecular complexity index is 1230. The van der Waals surface area contributed by atoms with Gasteiger partial charge in [-0.05, 0) is 57.2 Å². The summed E-state index contributed by atoms with van der Waals surface area (Å²) >= 11 is 0. The van der Waals surface area contributed by atoms with E-state index in [0.29, 0.717) is 12.1 Å². The van der Waals surface area contributed by atoms with Crippen molar-refractivity contribution < 1.29 is 0 Å². The van der Waals surface area contributed by atoms with E-state index in [1.807, 2.05) is 30.3 Å². The minimum Gasteiger partial charge on any atom is -0.378 e. The average Bonchev–Trinajstić information content (AvgIpc) is 3.01. The van der Waals surface area contributed by atoms with Gasteiger partial charge in [-0.25, -0.2) is 4.99 Å². The molecule has 2 fully saturated rings. The molecule has 7 nitrogen and oxygen atoms in total. The van der Waals surface area contributed by atoms with Crippen molar-refractivity contribution in [3.05, 3.63) is 64.4 Å². The number of piperidine rings is 1. The maximum Gasteiger partial charge on any atom is 0.258 e. The molecule has 0 saturated carbocycles. The van der Waals surface area contributed by atoms with Gasteiger partial charge in [0.1, 0.15) is 0 Å². The van der Waals surface area contributed by atoms with Crippen LogP contribution in [0.2, 0.25) is 0 Å². The second-order valence-corrected chi connectivity index (χ2v) is 9.74. The lowest BCUT2D eigenvalue weighted by atomic mass is 10.0. The average molecular weight is 457 g/mol. The van der Waals surface area contributed by atoms with E-state index in [1.54, 1.807) is 0 Å². The molecule has 0 spiro atoms. The van der Waals surface area contributed by atoms with E-state index in [9.17, 15) is 4.79 Å². The summed E-state index contributed by atoms with van der Waals surface area (Å²) in [4.78, 5) is 28.3. The number of H-pyrrole nitrogens is 1. The first-order chi connectivity index (χ1) is 16.7. The molecule has 0 bridgehead atoms. The van der Waals surface area contributed by atoms with Crippen molar-refractivity contribution in [3.8, 4) is 11.3 Å². The predicted octanol–water partition coefficient (Wildman–Crippen LogP) is 3.24. The second-order valence-electron chi connectivity index (χ2n) is 9.74. The summed E-state index contributed by atoms with van der Waals surface area (Å²) in [7, 11) is 2.23. The van der Waals surface area contributed by atoms with E-state index in [2.05, 4.69) is 50.2 Å². The highest BCUT2D eigenvalue weighted by molar-refractivity contribution is 6.11. The molecule has 0 unspecified atom stereocenters. The molecule has 1 aliphatic carbocycles. The van der Waals surface area contributed by atoms with Crippen LogP contribution in [0.25, 0.3) is 11.3 Å². The predicted molar refractivity (Wildman–Crippen MR) is 139 cm³/mol. The van der Waals surface area contributed by atoms with E-state index in [4.69, 9.17) is 4.99 Å². The number of rotatable bonds is 3. The molecule has 7 heteroatoms. The Hall–Kier alpha value is -3.16. The van der Waals surface area contributed by atoms with Gasteiger partial charge in [0, 0.05) is 49.2 Å². The molecule has 2 N–H and O–H groups in total. The van der Waals surface area contributed by atoms with Gasteiger partial charge in [0.25, 0.3) is 5.56 Å². The maximum atomic E-state index is 12.8. The Morgan fingerprint density at radius 3 is 2.56 bits per heavy atom. The van der Waals surface area contributed by atoms with E-state index >= 15 is 0 Å². The summed E-state index contributed by atoms with van der Waals surface area (Å²) in [5.41, 5.74) is 6.28. The third-order valence-corrected chi connectivity index (χ3v) is 7.64. The number of anilines is 2. The first-order valence-electron chi connectivity index (χ1n) is 12.4. The minimum absolute atomic E-state index is 0.0774. The van der Waals surface area contributed by atoms with Gasteiger partial charge in [-0.15, -0.1) is 0 Å². The molecule has 6 rings (SSSR count). The molecule has 1 aromatic carbocycles. The lowest BCUT2D eigenvalue weighted by Gasteiger charge is -2.43. The molecule has 5 aliphatic rings. The summed E-state index contributed by atoms with van der Waals surface area (Å²) < 4.78 is 0. The minimum atomic E-state index is -0.0774. The lowest BCUT2D eigenvalue weighted by molar-refractivity contribution is 0.115. The largest absolute Gasteiger partial charge is 0.378 e. The van der Waals surface area contributed by atoms with E-state index in [1.165, 1.54) is 31.6 Å². The molecule has 34 heavy (non-hydrogen) atoms. The zero-order chi connectivity index (χ0) is 23.1. The summed E-state index contributed by atoms with van der Waals surface area (Å²) in [5, 5.41) is 3.47. The first-order valence-corrected chi connectivity index (χ1v) is 12.4. The van der Waals surface area contributed by atoms with Crippen molar-refractivity contribution >= 4 is 22.8 Å². The number of benzene rings is 1. The fourth-order valence-electron chi connectivity index (χ4n) is 5.64. The normalized spacial score (nSPS) is 20.1. The van der Waals surface area contributed by atoms with Gasteiger partial charge >= 0.3 is 0 Å². The Morgan fingerprint density at radius 2 is 1.74 bits per heavy atom. The van der Waals surface area contributed by atoms with E-state index < -0.39 is 0 Å². The van der Waals surface area contributed by atoms with Crippen molar-refractivity contribution in [2.75, 3.05) is 63.1 Å². The number of aromatic nitrogens is 1. The highest BCUT2D eigenvalue weighted by Gasteiger charge is 2.27. The van der Waals surface area contributed by atoms with Gasteiger partial charge in [0.05, 0.1) is 29.2 Å². The topological polar surface area (TPSA) is 67.0 Å². The molecule has 2 saturated heterocycles. The number of nitrogens with one attached hydrogen (secondary N) is 2. The zero-order valence-electron chi connectivity index (χ0n) is 19.8. The van der Waals surface area contributed by atoms with Crippen LogP contribution in [0.4, 0.5) is 17.1 Å². The number of likely N-dealkylation sites (tertiary alicyclic amines) is 1. The standard InChI is InChI=1S/C27H32N6O/c1-31-11-9-19(10-12-31)32-13-15-33(16-14-32)20-7-8-23-24(17-20)29-25(18-28-23)26-21-5-3-2-4-6-22(21)30-27(26)34/h2-8,17,19,28H,9-16,18H2,1H3,(H,30,34). The van der Waals surface area contributed by atoms with Crippen LogP contribution in [0.3, 0.4) is 0 Å². The summed E-state index contributed by atoms with van der Waals surface area (Å²) in [6.07, 6.45) is 2.57. The van der Waals surface area contributed by atoms with Gasteiger partial charge in [-0.2, -0.15) is 0 Å². The van der Waals surface area contributed by atoms with Crippen molar-refractivity contribution in [1.29, 1.82) is 0 Å². The Morgan fingerprint density at radius 1 is 0.941 bits per heavy atom. The third-order valence-electron chi connectivity index (χ3n) is 7.64. The van der Waals surface area contributed by atoms with Crippen molar-refractivity contribution in [2.45, 2.75) is 18.9 Å². The number of aliphatic imine (C=N–C) groups is 1. The molecule has 0 amide bonds. The van der Waals surface area contributed by atoms with Gasteiger partial charge < -0.3 is 20.1 Å². The number of fused-ring (bicyclic) bond motifs is 2. The summed E-state index contributed by atoms with van der Waals surface area (Å²) in [6, 6.07) is 17.0. The lowest BCUT2D eigenvalue weighted by Crippen LogP contribution is -2.53. The van der Waals surface area contributed by atoms with Gasteiger partial charge in [0.15, 0.2) is 0 Å². The fourth-order valence-corrected chi connectivity index (χ4v) is 5.64. The fraction of sp³-hybridized carbons (Fsp3) is 0.407. The highest BCUT2D eigenvalue weighted by atomic mass is 16.1. The van der Waals surface area contributed by atoms with Crippen LogP contribution in [0, 0.1) is 0 Å². The molecule has 4 aliphatic heterocycles. The molecular weight excluding hydrogens is 424 g/mol. The number of hydrogen-bond acceptors (Lipinski definition) is 6. The molecule has 4 heterocycles. The van der Waals surface area contributed by atoms with Crippen molar-refractivity contribution in [2.24, 2.45) is 4.99 Å². The molecular formula is C27H32N6O. The Balaban J connectivity index is 1.22. The Labute approximate surface area is 200 Å². The van der Waals surface area contributed by atoms with Crippen LogP contribution in [-0.2, 0) is 0 Å². The molecule has 176 valence electrons. The van der Waals surface area contributed by atoms with E-state index in [0.717, 1.165) is 60.6 Å². The number of aromatic amines is 1. The first kappa shape index (κ1) is 21.4. The van der Waals surface area contributed by atoms with Crippen LogP contribution in [0.1, 0.15) is 18.4 Å². The van der Waals surface area contributed by atoms with Crippen LogP contribution in [0.5, 0.6) is 0 Å². The third kappa shape index (κ3) is 3.99. The quantitative estimate of drug-likeness (QED) is 0.633. The van der Waals surface area contributed by atoms with Crippen molar-refractivity contribution in [1.82, 2.24) is 14.8 Å². The van der Waals surface area contributed by atoms with E-state index in [-0.39, 0.29) is 5.56 Å². The summed E-state index contributed by atoms with van der Waals surface area (Å²) in [6.45, 7) is 7.28. The van der Waals surface area contributed by atoms with Gasteiger partial charge in [0.2, 0.25) is 0 Å². The van der Waals surface area contributed by atoms with Crippen LogP contribution < -0.4 is 15.8 Å². The maximum absolute atomic E-state index is 12.8. The number of nitrogens with zero attached hydrogens (tertiary/aromatic N) is 4. The second kappa shape index (κ2) is 8.89. The highest BCUT2D eigenvalue weighted by Crippen LogP contribution is 2.35. The molecule has 0 radical (unpaired) electrons. The van der Waals surface area contributed by atoms with Crippen LogP contribution in [-0.4, -0.2) is 79.4 Å². The summed E-state index contributed by atoms with van der Waals surface area (Å²) in [5.74, 6) is 0. The molecule has 1 aromatic rings. The SMILES string of the molecule is CN1CCC(N2CCN(c3ccc4c(c3)N=C(c3c5cccccc-5[nH]c3=O)CN4)CC2)CC1. The van der Waals surface area contributed by atoms with Gasteiger partial charge in [-0.3, -0.25) is 9.69 Å². The number of hydrogen-bond donors (Lipinski definition) is 2.